The second-order valence-corrected chi connectivity index (χ2v) is 12.1. The molecule has 0 aliphatic heterocycles. The van der Waals surface area contributed by atoms with Crippen LogP contribution in [0.25, 0.3) is 22.0 Å². The minimum atomic E-state index is 0.564. The van der Waals surface area contributed by atoms with Crippen LogP contribution in [-0.2, 0) is 0 Å². The molecule has 0 amide bonds. The van der Waals surface area contributed by atoms with Crippen LogP contribution in [0.3, 0.4) is 0 Å². The molecule has 6 heteroatoms. The molecule has 0 spiro atoms. The molecule has 0 aliphatic rings. The fourth-order valence-corrected chi connectivity index (χ4v) is 5.66. The van der Waals surface area contributed by atoms with Crippen molar-refractivity contribution in [3.05, 3.63) is 129 Å². The van der Waals surface area contributed by atoms with E-state index < -0.39 is 0 Å². The largest absolute Gasteiger partial charge is 0.340 e. The Morgan fingerprint density at radius 3 is 1.77 bits per heavy atom. The summed E-state index contributed by atoms with van der Waals surface area (Å²) in [6.07, 6.45) is 0. The maximum atomic E-state index is 9.61. The minimum absolute atomic E-state index is 0.564. The SMILES string of the molecule is Cc1ccc(Nc2nc(Nc3ccc(C)cc3)c(C#N)c(C)c2C)cc1.Cc1nc(-c2ccc3ccccc3c2)c(C)s1. The van der Waals surface area contributed by atoms with Gasteiger partial charge in [-0.3, -0.25) is 0 Å². The molecule has 0 unspecified atom stereocenters. The molecule has 0 aliphatic carbocycles. The van der Waals surface area contributed by atoms with Crippen LogP contribution in [0.2, 0.25) is 0 Å². The van der Waals surface area contributed by atoms with E-state index in [0.717, 1.165) is 39.0 Å². The van der Waals surface area contributed by atoms with Crippen LogP contribution in [0.1, 0.15) is 37.7 Å². The Balaban J connectivity index is 0.000000186. The number of nitriles is 1. The normalized spacial score (nSPS) is 10.5. The number of nitrogens with one attached hydrogen (secondary N) is 2. The maximum Gasteiger partial charge on any atom is 0.151 e. The highest BCUT2D eigenvalue weighted by molar-refractivity contribution is 7.11. The zero-order chi connectivity index (χ0) is 30.5. The summed E-state index contributed by atoms with van der Waals surface area (Å²) in [7, 11) is 0. The van der Waals surface area contributed by atoms with Crippen molar-refractivity contribution >= 4 is 45.1 Å². The van der Waals surface area contributed by atoms with Gasteiger partial charge in [-0.1, -0.05) is 71.8 Å². The third-order valence-corrected chi connectivity index (χ3v) is 8.31. The van der Waals surface area contributed by atoms with Crippen LogP contribution in [-0.4, -0.2) is 9.97 Å². The molecule has 2 aromatic heterocycles. The molecule has 0 radical (unpaired) electrons. The molecule has 0 bridgehead atoms. The molecule has 0 saturated heterocycles. The number of pyridine rings is 1. The van der Waals surface area contributed by atoms with Crippen molar-refractivity contribution in [3.8, 4) is 17.3 Å². The van der Waals surface area contributed by atoms with E-state index in [2.05, 4.69) is 97.1 Å². The van der Waals surface area contributed by atoms with Crippen LogP contribution >= 0.6 is 11.3 Å². The minimum Gasteiger partial charge on any atom is -0.340 e. The Morgan fingerprint density at radius 1 is 0.628 bits per heavy atom. The number of rotatable bonds is 5. The predicted octanol–water partition coefficient (Wildman–Crippen LogP) is 10.3. The Bertz CT molecular complexity index is 1930. The van der Waals surface area contributed by atoms with E-state index in [1.54, 1.807) is 11.3 Å². The first-order valence-corrected chi connectivity index (χ1v) is 15.1. The van der Waals surface area contributed by atoms with E-state index in [9.17, 15) is 5.26 Å². The average molecular weight is 582 g/mol. The lowest BCUT2D eigenvalue weighted by atomic mass is 10.0. The van der Waals surface area contributed by atoms with Gasteiger partial charge in [-0.25, -0.2) is 9.97 Å². The fourth-order valence-electron chi connectivity index (χ4n) is 4.82. The molecule has 4 aromatic carbocycles. The molecule has 0 saturated carbocycles. The van der Waals surface area contributed by atoms with Gasteiger partial charge >= 0.3 is 0 Å². The van der Waals surface area contributed by atoms with Crippen molar-refractivity contribution in [3.63, 3.8) is 0 Å². The Hall–Kier alpha value is -4.99. The second-order valence-electron chi connectivity index (χ2n) is 10.7. The number of aromatic nitrogens is 2. The van der Waals surface area contributed by atoms with Gasteiger partial charge in [-0.2, -0.15) is 5.26 Å². The summed E-state index contributed by atoms with van der Waals surface area (Å²) < 4.78 is 0. The first-order valence-electron chi connectivity index (χ1n) is 14.2. The number of anilines is 4. The quantitative estimate of drug-likeness (QED) is 0.212. The maximum absolute atomic E-state index is 9.61. The van der Waals surface area contributed by atoms with Crippen LogP contribution in [0, 0.1) is 52.9 Å². The van der Waals surface area contributed by atoms with E-state index in [4.69, 9.17) is 4.98 Å². The molecule has 6 rings (SSSR count). The highest BCUT2D eigenvalue weighted by Gasteiger charge is 2.15. The lowest BCUT2D eigenvalue weighted by Crippen LogP contribution is -2.06. The molecule has 2 heterocycles. The Labute approximate surface area is 257 Å². The van der Waals surface area contributed by atoms with E-state index in [1.165, 1.54) is 32.3 Å². The van der Waals surface area contributed by atoms with Crippen molar-refractivity contribution in [2.75, 3.05) is 10.6 Å². The fraction of sp³-hybridized carbons (Fsp3) is 0.162. The third kappa shape index (κ3) is 6.91. The van der Waals surface area contributed by atoms with Gasteiger partial charge in [0.05, 0.1) is 16.3 Å². The molecular weight excluding hydrogens is 547 g/mol. The summed E-state index contributed by atoms with van der Waals surface area (Å²) in [4.78, 5) is 10.6. The van der Waals surface area contributed by atoms with Crippen LogP contribution < -0.4 is 10.6 Å². The zero-order valence-electron chi connectivity index (χ0n) is 25.4. The molecule has 6 aromatic rings. The van der Waals surface area contributed by atoms with Crippen LogP contribution in [0.4, 0.5) is 23.0 Å². The van der Waals surface area contributed by atoms with Gasteiger partial charge in [-0.15, -0.1) is 11.3 Å². The summed E-state index contributed by atoms with van der Waals surface area (Å²) in [6.45, 7) is 12.2. The standard InChI is InChI=1S/C22H22N4.C15H13NS/c1-14-5-9-18(10-6-14)24-21-17(4)16(3)20(13-23)22(26-21)25-19-11-7-15(2)8-12-19;1-10-15(16-11(2)17-10)14-8-7-12-5-3-4-6-13(12)9-14/h5-12H,1-4H3,(H2,24,25,26);3-9H,1-2H3. The summed E-state index contributed by atoms with van der Waals surface area (Å²) in [5.41, 5.74) is 9.06. The number of thiazole rings is 1. The lowest BCUT2D eigenvalue weighted by molar-refractivity contribution is 1.19. The van der Waals surface area contributed by atoms with E-state index in [-0.39, 0.29) is 0 Å². The first-order chi connectivity index (χ1) is 20.7. The first kappa shape index (κ1) is 29.5. The number of aryl methyl sites for hydroxylation is 4. The van der Waals surface area contributed by atoms with Crippen LogP contribution in [0.5, 0.6) is 0 Å². The van der Waals surface area contributed by atoms with Crippen molar-refractivity contribution < 1.29 is 0 Å². The van der Waals surface area contributed by atoms with Crippen molar-refractivity contribution in [2.24, 2.45) is 0 Å². The van der Waals surface area contributed by atoms with E-state index >= 15 is 0 Å². The van der Waals surface area contributed by atoms with Crippen molar-refractivity contribution in [1.82, 2.24) is 9.97 Å². The number of hydrogen-bond donors (Lipinski definition) is 2. The number of benzene rings is 4. The van der Waals surface area contributed by atoms with Gasteiger partial charge in [0.15, 0.2) is 5.82 Å². The second kappa shape index (κ2) is 12.9. The Kier molecular flexibility index (Phi) is 8.85. The molecule has 5 nitrogen and oxygen atoms in total. The summed E-state index contributed by atoms with van der Waals surface area (Å²) in [5.74, 6) is 1.31. The highest BCUT2D eigenvalue weighted by atomic mass is 32.1. The molecule has 0 atom stereocenters. The monoisotopic (exact) mass is 581 g/mol. The van der Waals surface area contributed by atoms with Gasteiger partial charge in [0.2, 0.25) is 0 Å². The van der Waals surface area contributed by atoms with Crippen molar-refractivity contribution in [1.29, 1.82) is 5.26 Å². The molecule has 2 N–H and O–H groups in total. The average Bonchev–Trinajstić information content (AvgIpc) is 3.35. The molecule has 214 valence electrons. The Morgan fingerprint density at radius 2 is 1.21 bits per heavy atom. The lowest BCUT2D eigenvalue weighted by Gasteiger charge is -2.16. The predicted molar refractivity (Wildman–Crippen MR) is 182 cm³/mol. The van der Waals surface area contributed by atoms with Gasteiger partial charge in [0.25, 0.3) is 0 Å². The molecule has 0 fully saturated rings. The number of fused-ring (bicyclic) bond motifs is 1. The van der Waals surface area contributed by atoms with Crippen LogP contribution in [0.15, 0.2) is 91.0 Å². The summed E-state index contributed by atoms with van der Waals surface area (Å²) >= 11 is 1.76. The van der Waals surface area contributed by atoms with Crippen molar-refractivity contribution in [2.45, 2.75) is 41.5 Å². The third-order valence-electron chi connectivity index (χ3n) is 7.42. The van der Waals surface area contributed by atoms with E-state index in [0.29, 0.717) is 11.4 Å². The number of nitrogens with zero attached hydrogens (tertiary/aromatic N) is 3. The van der Waals surface area contributed by atoms with Gasteiger partial charge < -0.3 is 10.6 Å². The van der Waals surface area contributed by atoms with Gasteiger partial charge in [0, 0.05) is 21.8 Å². The van der Waals surface area contributed by atoms with E-state index in [1.807, 2.05) is 57.2 Å². The topological polar surface area (TPSA) is 73.6 Å². The molecular formula is C37H35N5S. The summed E-state index contributed by atoms with van der Waals surface area (Å²) in [5, 5.41) is 19.9. The van der Waals surface area contributed by atoms with Gasteiger partial charge in [-0.05, 0) is 93.8 Å². The zero-order valence-corrected chi connectivity index (χ0v) is 26.2. The summed E-state index contributed by atoms with van der Waals surface area (Å²) in [6, 6.07) is 33.4. The smallest absolute Gasteiger partial charge is 0.151 e. The molecule has 43 heavy (non-hydrogen) atoms. The van der Waals surface area contributed by atoms with Gasteiger partial charge in [0.1, 0.15) is 11.9 Å². The number of hydrogen-bond acceptors (Lipinski definition) is 6. The highest BCUT2D eigenvalue weighted by Crippen LogP contribution is 2.31.